The van der Waals surface area contributed by atoms with Crippen molar-refractivity contribution in [2.45, 2.75) is 52.1 Å². The molecule has 0 aliphatic rings. The van der Waals surface area contributed by atoms with E-state index in [2.05, 4.69) is 61.0 Å². The third-order valence-electron chi connectivity index (χ3n) is 3.82. The fourth-order valence-corrected chi connectivity index (χ4v) is 2.68. The van der Waals surface area contributed by atoms with Crippen LogP contribution in [0.1, 0.15) is 52.0 Å². The largest absolute Gasteiger partial charge is 0.369 e. The molecule has 1 nitrogen and oxygen atoms in total. The Hall–Kier alpha value is -0.340. The smallest absolute Gasteiger partial charge is 0.0999 e. The van der Waals surface area contributed by atoms with Crippen LogP contribution < -0.4 is 0 Å². The third kappa shape index (κ3) is 5.27. The Labute approximate surface area is 126 Å². The van der Waals surface area contributed by atoms with Crippen LogP contribution in [0.4, 0.5) is 0 Å². The first-order valence-electron chi connectivity index (χ1n) is 7.41. The molecule has 0 fully saturated rings. The third-order valence-corrected chi connectivity index (χ3v) is 4.89. The summed E-state index contributed by atoms with van der Waals surface area (Å²) in [6.07, 6.45) is 5.05. The van der Waals surface area contributed by atoms with Gasteiger partial charge < -0.3 is 4.74 Å². The monoisotopic (exact) mass is 326 g/mol. The van der Waals surface area contributed by atoms with E-state index in [1.165, 1.54) is 31.2 Å². The van der Waals surface area contributed by atoms with Gasteiger partial charge in [0.25, 0.3) is 0 Å². The van der Waals surface area contributed by atoms with Gasteiger partial charge in [-0.05, 0) is 24.8 Å². The van der Waals surface area contributed by atoms with Crippen molar-refractivity contribution in [2.24, 2.45) is 5.92 Å². The molecule has 2 heteroatoms. The van der Waals surface area contributed by atoms with E-state index in [0.717, 1.165) is 11.9 Å². The second-order valence-corrected chi connectivity index (χ2v) is 6.02. The van der Waals surface area contributed by atoms with Crippen LogP contribution in [0.25, 0.3) is 0 Å². The predicted molar refractivity (Wildman–Crippen MR) is 86.8 cm³/mol. The summed E-state index contributed by atoms with van der Waals surface area (Å²) < 4.78 is 6.27. The average molecular weight is 327 g/mol. The summed E-state index contributed by atoms with van der Waals surface area (Å²) in [6.45, 7) is 7.54. The number of alkyl halides is 1. The maximum atomic E-state index is 6.27. The number of unbranched alkanes of at least 4 members (excludes halogenated alkanes) is 1. The molecule has 0 N–H and O–H groups in total. The first-order chi connectivity index (χ1) is 9.16. The molecule has 108 valence electrons. The zero-order valence-electron chi connectivity index (χ0n) is 12.5. The molecule has 0 aliphatic heterocycles. The molecule has 2 unspecified atom stereocenters. The minimum Gasteiger partial charge on any atom is -0.369 e. The quantitative estimate of drug-likeness (QED) is 0.542. The zero-order valence-corrected chi connectivity index (χ0v) is 14.1. The number of hydrogen-bond donors (Lipinski definition) is 0. The highest BCUT2D eigenvalue weighted by atomic mass is 79.9. The van der Waals surface area contributed by atoms with E-state index >= 15 is 0 Å². The Kier molecular flexibility index (Phi) is 7.70. The van der Waals surface area contributed by atoms with Gasteiger partial charge in [0.05, 0.1) is 12.2 Å². The standard InChI is InChI=1S/C17H27BrO/c1-4-6-10-15(5-2)13-19-17(3,14-18)16-11-8-7-9-12-16/h7-9,11-12,15H,4-6,10,13-14H2,1-3H3. The van der Waals surface area contributed by atoms with E-state index in [0.29, 0.717) is 5.92 Å². The average Bonchev–Trinajstić information content (AvgIpc) is 2.48. The van der Waals surface area contributed by atoms with Gasteiger partial charge in [0.2, 0.25) is 0 Å². The van der Waals surface area contributed by atoms with Crippen molar-refractivity contribution in [1.29, 1.82) is 0 Å². The molecule has 0 spiro atoms. The van der Waals surface area contributed by atoms with Gasteiger partial charge in [-0.1, -0.05) is 79.4 Å². The number of ether oxygens (including phenoxy) is 1. The van der Waals surface area contributed by atoms with Gasteiger partial charge in [0.1, 0.15) is 0 Å². The summed E-state index contributed by atoms with van der Waals surface area (Å²) in [5, 5.41) is 0.828. The molecule has 0 aromatic heterocycles. The molecular weight excluding hydrogens is 300 g/mol. The number of halogens is 1. The molecule has 0 radical (unpaired) electrons. The second kappa shape index (κ2) is 8.76. The van der Waals surface area contributed by atoms with Crippen LogP contribution in [0.15, 0.2) is 30.3 Å². The fraction of sp³-hybridized carbons (Fsp3) is 0.647. The van der Waals surface area contributed by atoms with Crippen molar-refractivity contribution in [1.82, 2.24) is 0 Å². The van der Waals surface area contributed by atoms with Gasteiger partial charge in [0.15, 0.2) is 0 Å². The van der Waals surface area contributed by atoms with E-state index in [9.17, 15) is 0 Å². The molecule has 1 aromatic rings. The minimum atomic E-state index is -0.221. The lowest BCUT2D eigenvalue weighted by atomic mass is 9.96. The van der Waals surface area contributed by atoms with Crippen molar-refractivity contribution in [3.8, 4) is 0 Å². The highest BCUT2D eigenvalue weighted by molar-refractivity contribution is 9.09. The molecule has 0 saturated heterocycles. The Morgan fingerprint density at radius 1 is 1.21 bits per heavy atom. The zero-order chi connectivity index (χ0) is 14.1. The predicted octanol–water partition coefficient (Wildman–Crippen LogP) is 5.53. The van der Waals surface area contributed by atoms with Crippen molar-refractivity contribution in [2.75, 3.05) is 11.9 Å². The molecule has 19 heavy (non-hydrogen) atoms. The van der Waals surface area contributed by atoms with Gasteiger partial charge in [0, 0.05) is 5.33 Å². The van der Waals surface area contributed by atoms with Gasteiger partial charge in [-0.25, -0.2) is 0 Å². The summed E-state index contributed by atoms with van der Waals surface area (Å²) >= 11 is 3.61. The van der Waals surface area contributed by atoms with E-state index in [4.69, 9.17) is 4.74 Å². The lowest BCUT2D eigenvalue weighted by Gasteiger charge is -2.30. The maximum absolute atomic E-state index is 6.27. The molecule has 2 atom stereocenters. The van der Waals surface area contributed by atoms with Gasteiger partial charge in [-0.2, -0.15) is 0 Å². The van der Waals surface area contributed by atoms with Crippen LogP contribution in [0.3, 0.4) is 0 Å². The van der Waals surface area contributed by atoms with Crippen molar-refractivity contribution in [3.05, 3.63) is 35.9 Å². The van der Waals surface area contributed by atoms with Crippen LogP contribution >= 0.6 is 15.9 Å². The number of hydrogen-bond acceptors (Lipinski definition) is 1. The molecule has 0 aliphatic carbocycles. The summed E-state index contributed by atoms with van der Waals surface area (Å²) in [5.74, 6) is 0.682. The Morgan fingerprint density at radius 3 is 2.42 bits per heavy atom. The van der Waals surface area contributed by atoms with Crippen molar-refractivity contribution in [3.63, 3.8) is 0 Å². The van der Waals surface area contributed by atoms with Crippen LogP contribution in [0.5, 0.6) is 0 Å². The first-order valence-corrected chi connectivity index (χ1v) is 8.53. The summed E-state index contributed by atoms with van der Waals surface area (Å²) in [4.78, 5) is 0. The Morgan fingerprint density at radius 2 is 1.89 bits per heavy atom. The Balaban J connectivity index is 2.61. The molecular formula is C17H27BrO. The Bertz CT molecular complexity index is 338. The van der Waals surface area contributed by atoms with Crippen LogP contribution in [-0.4, -0.2) is 11.9 Å². The van der Waals surface area contributed by atoms with E-state index in [1.807, 2.05) is 6.07 Å². The molecule has 1 rings (SSSR count). The molecule has 0 bridgehead atoms. The highest BCUT2D eigenvalue weighted by Crippen LogP contribution is 2.29. The topological polar surface area (TPSA) is 9.23 Å². The number of benzene rings is 1. The summed E-state index contributed by atoms with van der Waals surface area (Å²) in [6, 6.07) is 10.5. The lowest BCUT2D eigenvalue weighted by Crippen LogP contribution is -2.30. The maximum Gasteiger partial charge on any atom is 0.0999 e. The minimum absolute atomic E-state index is 0.221. The summed E-state index contributed by atoms with van der Waals surface area (Å²) in [5.41, 5.74) is 1.03. The van der Waals surface area contributed by atoms with E-state index in [-0.39, 0.29) is 5.60 Å². The van der Waals surface area contributed by atoms with Crippen molar-refractivity contribution < 1.29 is 4.74 Å². The lowest BCUT2D eigenvalue weighted by molar-refractivity contribution is -0.0372. The summed E-state index contributed by atoms with van der Waals surface area (Å²) in [7, 11) is 0. The second-order valence-electron chi connectivity index (χ2n) is 5.46. The van der Waals surface area contributed by atoms with Gasteiger partial charge >= 0.3 is 0 Å². The first kappa shape index (κ1) is 16.7. The van der Waals surface area contributed by atoms with Crippen LogP contribution in [0, 0.1) is 5.92 Å². The normalized spacial score (nSPS) is 16.0. The van der Waals surface area contributed by atoms with Crippen LogP contribution in [0.2, 0.25) is 0 Å². The fourth-order valence-electron chi connectivity index (χ4n) is 2.19. The molecule has 0 amide bonds. The number of rotatable bonds is 9. The molecule has 0 heterocycles. The van der Waals surface area contributed by atoms with E-state index < -0.39 is 0 Å². The van der Waals surface area contributed by atoms with Crippen LogP contribution in [-0.2, 0) is 10.3 Å². The SMILES string of the molecule is CCCCC(CC)COC(C)(CBr)c1ccccc1. The van der Waals surface area contributed by atoms with E-state index in [1.54, 1.807) is 0 Å². The molecule has 1 aromatic carbocycles. The highest BCUT2D eigenvalue weighted by Gasteiger charge is 2.27. The van der Waals surface area contributed by atoms with Gasteiger partial charge in [-0.3, -0.25) is 0 Å². The van der Waals surface area contributed by atoms with Gasteiger partial charge in [-0.15, -0.1) is 0 Å². The van der Waals surface area contributed by atoms with Crippen molar-refractivity contribution >= 4 is 15.9 Å². The molecule has 0 saturated carbocycles.